The Hall–Kier alpha value is -1.47. The van der Waals surface area contributed by atoms with E-state index in [1.807, 2.05) is 0 Å². The Morgan fingerprint density at radius 2 is 2.05 bits per heavy atom. The zero-order valence-corrected chi connectivity index (χ0v) is 12.8. The van der Waals surface area contributed by atoms with Crippen LogP contribution in [0.4, 0.5) is 13.2 Å². The van der Waals surface area contributed by atoms with Gasteiger partial charge in [-0.25, -0.2) is 0 Å². The number of alkyl halides is 3. The summed E-state index contributed by atoms with van der Waals surface area (Å²) in [6.45, 7) is 1.02. The number of piperidine rings is 1. The van der Waals surface area contributed by atoms with Gasteiger partial charge in [-0.15, -0.1) is 25.6 Å². The molecule has 4 nitrogen and oxygen atoms in total. The number of nitrogens with one attached hydrogen (secondary N) is 1. The van der Waals surface area contributed by atoms with Crippen LogP contribution in [-0.2, 0) is 0 Å². The van der Waals surface area contributed by atoms with Crippen LogP contribution in [0.15, 0.2) is 24.3 Å². The highest BCUT2D eigenvalue weighted by atomic mass is 35.5. The van der Waals surface area contributed by atoms with E-state index in [4.69, 9.17) is 0 Å². The first-order valence-electron chi connectivity index (χ1n) is 6.72. The molecule has 1 aliphatic heterocycles. The minimum absolute atomic E-state index is 0. The number of benzene rings is 1. The molecular weight excluding hydrogens is 321 g/mol. The molecule has 8 heteroatoms. The van der Waals surface area contributed by atoms with Crippen molar-refractivity contribution in [3.8, 4) is 5.75 Å². The van der Waals surface area contributed by atoms with Gasteiger partial charge in [0.05, 0.1) is 5.56 Å². The van der Waals surface area contributed by atoms with E-state index >= 15 is 0 Å². The molecule has 1 aromatic rings. The molecule has 0 bridgehead atoms. The molecule has 0 radical (unpaired) electrons. The molecule has 0 spiro atoms. The first-order chi connectivity index (χ1) is 9.90. The van der Waals surface area contributed by atoms with Crippen LogP contribution in [0.25, 0.3) is 0 Å². The highest BCUT2D eigenvalue weighted by molar-refractivity contribution is 5.97. The molecule has 1 amide bonds. The maximum Gasteiger partial charge on any atom is 0.573 e. The Labute approximate surface area is 133 Å². The summed E-state index contributed by atoms with van der Waals surface area (Å²) in [6, 6.07) is 5.60. The molecule has 0 aromatic heterocycles. The predicted octanol–water partition coefficient (Wildman–Crippen LogP) is 2.83. The molecule has 124 valence electrons. The highest BCUT2D eigenvalue weighted by Crippen LogP contribution is 2.27. The lowest BCUT2D eigenvalue weighted by Gasteiger charge is -2.33. The summed E-state index contributed by atoms with van der Waals surface area (Å²) < 4.78 is 41.1. The normalized spacial score (nSPS) is 18.5. The molecular formula is C14H18ClF3N2O2. The second kappa shape index (κ2) is 7.69. The topological polar surface area (TPSA) is 41.6 Å². The van der Waals surface area contributed by atoms with Gasteiger partial charge in [0.25, 0.3) is 5.91 Å². The van der Waals surface area contributed by atoms with Crippen molar-refractivity contribution < 1.29 is 22.7 Å². The first-order valence-corrected chi connectivity index (χ1v) is 6.72. The third kappa shape index (κ3) is 4.78. The zero-order chi connectivity index (χ0) is 15.5. The molecule has 22 heavy (non-hydrogen) atoms. The van der Waals surface area contributed by atoms with Gasteiger partial charge in [-0.3, -0.25) is 4.79 Å². The van der Waals surface area contributed by atoms with E-state index in [2.05, 4.69) is 10.1 Å². The molecule has 1 atom stereocenters. The Morgan fingerprint density at radius 3 is 2.68 bits per heavy atom. The van der Waals surface area contributed by atoms with Gasteiger partial charge in [0.1, 0.15) is 5.75 Å². The number of nitrogens with zero attached hydrogens (tertiary/aromatic N) is 1. The van der Waals surface area contributed by atoms with Crippen LogP contribution in [-0.4, -0.2) is 43.3 Å². The Balaban J connectivity index is 0.00000242. The van der Waals surface area contributed by atoms with Crippen LogP contribution in [0, 0.1) is 0 Å². The summed E-state index contributed by atoms with van der Waals surface area (Å²) >= 11 is 0. The van der Waals surface area contributed by atoms with Gasteiger partial charge in [0, 0.05) is 19.1 Å². The standard InChI is InChI=1S/C14H17F3N2O2.ClH/c1-18-10-5-4-8-19(9-10)13(20)11-6-2-3-7-12(11)21-14(15,16)17;/h2-3,6-7,10,18H,4-5,8-9H2,1H3;1H/t10-;/m1./s1. The van der Waals surface area contributed by atoms with E-state index in [0.717, 1.165) is 18.9 Å². The predicted molar refractivity (Wildman–Crippen MR) is 78.4 cm³/mol. The van der Waals surface area contributed by atoms with Crippen LogP contribution in [0.3, 0.4) is 0 Å². The Kier molecular flexibility index (Phi) is 6.49. The van der Waals surface area contributed by atoms with Crippen LogP contribution in [0.1, 0.15) is 23.2 Å². The summed E-state index contributed by atoms with van der Waals surface area (Å²) in [5.41, 5.74) is -0.0634. The summed E-state index contributed by atoms with van der Waals surface area (Å²) in [4.78, 5) is 14.0. The van der Waals surface area contributed by atoms with Gasteiger partial charge in [0.15, 0.2) is 0 Å². The van der Waals surface area contributed by atoms with Crippen molar-refractivity contribution >= 4 is 18.3 Å². The van der Waals surface area contributed by atoms with E-state index in [1.54, 1.807) is 11.9 Å². The Morgan fingerprint density at radius 1 is 1.36 bits per heavy atom. The monoisotopic (exact) mass is 338 g/mol. The van der Waals surface area contributed by atoms with Crippen LogP contribution >= 0.6 is 12.4 Å². The van der Waals surface area contributed by atoms with Crippen molar-refractivity contribution in [2.45, 2.75) is 25.2 Å². The summed E-state index contributed by atoms with van der Waals surface area (Å²) in [6.07, 6.45) is -3.05. The average Bonchev–Trinajstić information content (AvgIpc) is 2.45. The fourth-order valence-electron chi connectivity index (χ4n) is 2.42. The molecule has 1 aliphatic rings. The molecule has 1 heterocycles. The lowest BCUT2D eigenvalue weighted by atomic mass is 10.0. The van der Waals surface area contributed by atoms with Gasteiger partial charge >= 0.3 is 6.36 Å². The zero-order valence-electron chi connectivity index (χ0n) is 12.0. The van der Waals surface area contributed by atoms with Gasteiger partial charge in [0.2, 0.25) is 0 Å². The van der Waals surface area contributed by atoms with Crippen molar-refractivity contribution in [2.75, 3.05) is 20.1 Å². The van der Waals surface area contributed by atoms with Gasteiger partial charge in [-0.1, -0.05) is 12.1 Å². The third-order valence-corrected chi connectivity index (χ3v) is 3.46. The number of ether oxygens (including phenoxy) is 1. The number of amides is 1. The molecule has 2 rings (SSSR count). The number of likely N-dealkylation sites (tertiary alicyclic amines) is 1. The molecule has 1 saturated heterocycles. The number of carbonyl (C=O) groups is 1. The van der Waals surface area contributed by atoms with Crippen molar-refractivity contribution in [1.82, 2.24) is 10.2 Å². The summed E-state index contributed by atoms with van der Waals surface area (Å²) in [5.74, 6) is -0.892. The van der Waals surface area contributed by atoms with Crippen LogP contribution in [0.5, 0.6) is 5.75 Å². The van der Waals surface area contributed by atoms with Crippen molar-refractivity contribution in [3.63, 3.8) is 0 Å². The number of hydrogen-bond acceptors (Lipinski definition) is 3. The lowest BCUT2D eigenvalue weighted by Crippen LogP contribution is -2.47. The van der Waals surface area contributed by atoms with Crippen LogP contribution in [0.2, 0.25) is 0 Å². The molecule has 0 aliphatic carbocycles. The largest absolute Gasteiger partial charge is 0.573 e. The molecule has 1 N–H and O–H groups in total. The van der Waals surface area contributed by atoms with E-state index in [1.165, 1.54) is 18.2 Å². The number of hydrogen-bond donors (Lipinski definition) is 1. The van der Waals surface area contributed by atoms with Crippen molar-refractivity contribution in [3.05, 3.63) is 29.8 Å². The molecule has 1 fully saturated rings. The molecule has 0 unspecified atom stereocenters. The van der Waals surface area contributed by atoms with Crippen LogP contribution < -0.4 is 10.1 Å². The van der Waals surface area contributed by atoms with E-state index in [-0.39, 0.29) is 24.0 Å². The van der Waals surface area contributed by atoms with Crippen molar-refractivity contribution in [1.29, 1.82) is 0 Å². The van der Waals surface area contributed by atoms with E-state index in [9.17, 15) is 18.0 Å². The van der Waals surface area contributed by atoms with Gasteiger partial charge < -0.3 is 15.0 Å². The van der Waals surface area contributed by atoms with E-state index in [0.29, 0.717) is 13.1 Å². The van der Waals surface area contributed by atoms with E-state index < -0.39 is 18.0 Å². The maximum atomic E-state index is 12.4. The first kappa shape index (κ1) is 18.6. The number of carbonyl (C=O) groups excluding carboxylic acids is 1. The number of para-hydroxylation sites is 1. The quantitative estimate of drug-likeness (QED) is 0.921. The minimum Gasteiger partial charge on any atom is -0.405 e. The fourth-order valence-corrected chi connectivity index (χ4v) is 2.42. The van der Waals surface area contributed by atoms with Gasteiger partial charge in [-0.05, 0) is 32.0 Å². The van der Waals surface area contributed by atoms with Gasteiger partial charge in [-0.2, -0.15) is 0 Å². The summed E-state index contributed by atoms with van der Waals surface area (Å²) in [5, 5.41) is 3.09. The fraction of sp³-hybridized carbons (Fsp3) is 0.500. The Bertz CT molecular complexity index is 511. The number of likely N-dealkylation sites (N-methyl/N-ethyl adjacent to an activating group) is 1. The second-order valence-electron chi connectivity index (χ2n) is 4.92. The smallest absolute Gasteiger partial charge is 0.405 e. The molecule has 0 saturated carbocycles. The number of halogens is 4. The lowest BCUT2D eigenvalue weighted by molar-refractivity contribution is -0.274. The SMILES string of the molecule is CN[C@@H]1CCCN(C(=O)c2ccccc2OC(F)(F)F)C1.Cl. The van der Waals surface area contributed by atoms with Crippen molar-refractivity contribution in [2.24, 2.45) is 0 Å². The number of rotatable bonds is 3. The minimum atomic E-state index is -4.81. The average molecular weight is 339 g/mol. The summed E-state index contributed by atoms with van der Waals surface area (Å²) in [7, 11) is 1.80. The second-order valence-corrected chi connectivity index (χ2v) is 4.92. The molecule has 1 aromatic carbocycles. The highest BCUT2D eigenvalue weighted by Gasteiger charge is 2.34. The maximum absolute atomic E-state index is 12.4. The third-order valence-electron chi connectivity index (χ3n) is 3.46.